The van der Waals surface area contributed by atoms with Gasteiger partial charge in [0, 0.05) is 17.7 Å². The van der Waals surface area contributed by atoms with Crippen molar-refractivity contribution in [3.63, 3.8) is 0 Å². The summed E-state index contributed by atoms with van der Waals surface area (Å²) in [5.41, 5.74) is 0. The smallest absolute Gasteiger partial charge is 0.152 e. The van der Waals surface area contributed by atoms with Gasteiger partial charge in [0.15, 0.2) is 5.78 Å². The number of rotatable bonds is 0. The summed E-state index contributed by atoms with van der Waals surface area (Å²) >= 11 is 1.91. The molecular weight excluding hydrogens is 146 g/mol. The van der Waals surface area contributed by atoms with Gasteiger partial charge in [-0.25, -0.2) is 0 Å². The maximum absolute atomic E-state index is 11.1. The summed E-state index contributed by atoms with van der Waals surface area (Å²) in [5.74, 6) is 3.05. The summed E-state index contributed by atoms with van der Waals surface area (Å²) < 4.78 is 0. The second-order valence-corrected chi connectivity index (χ2v) is 4.07. The Morgan fingerprint density at radius 2 is 2.50 bits per heavy atom. The van der Waals surface area contributed by atoms with E-state index in [0.717, 1.165) is 5.75 Å². The minimum atomic E-state index is 0.346. The molecule has 2 aliphatic rings. The van der Waals surface area contributed by atoms with E-state index >= 15 is 0 Å². The molecule has 2 aliphatic heterocycles. The van der Waals surface area contributed by atoms with Gasteiger partial charge in [0.2, 0.25) is 0 Å². The third-order valence-electron chi connectivity index (χ3n) is 2.31. The summed E-state index contributed by atoms with van der Waals surface area (Å²) in [5, 5.41) is 3.25. The van der Waals surface area contributed by atoms with Gasteiger partial charge in [0.05, 0.1) is 6.54 Å². The van der Waals surface area contributed by atoms with Crippen LogP contribution in [0.5, 0.6) is 0 Å². The van der Waals surface area contributed by atoms with Gasteiger partial charge < -0.3 is 5.32 Å². The molecule has 0 saturated carbocycles. The lowest BCUT2D eigenvalue weighted by Gasteiger charge is -2.22. The minimum absolute atomic E-state index is 0.346. The third-order valence-corrected chi connectivity index (χ3v) is 3.43. The van der Waals surface area contributed by atoms with Gasteiger partial charge >= 0.3 is 0 Å². The first-order chi connectivity index (χ1) is 4.88. The molecule has 1 N–H and O–H groups in total. The molecule has 0 aliphatic carbocycles. The SMILES string of the molecule is O=C1CNC2CCSCC12. The van der Waals surface area contributed by atoms with Gasteiger partial charge in [-0.15, -0.1) is 0 Å². The number of carbonyl (C=O) groups excluding carboxylic acids is 1. The number of hydrogen-bond acceptors (Lipinski definition) is 3. The first-order valence-electron chi connectivity index (χ1n) is 3.72. The first-order valence-corrected chi connectivity index (χ1v) is 4.87. The van der Waals surface area contributed by atoms with Gasteiger partial charge in [-0.2, -0.15) is 11.8 Å². The van der Waals surface area contributed by atoms with Crippen molar-refractivity contribution in [2.24, 2.45) is 5.92 Å². The lowest BCUT2D eigenvalue weighted by Crippen LogP contribution is -2.32. The fraction of sp³-hybridized carbons (Fsp3) is 0.857. The zero-order chi connectivity index (χ0) is 6.97. The molecule has 10 heavy (non-hydrogen) atoms. The van der Waals surface area contributed by atoms with Crippen LogP contribution in [-0.2, 0) is 4.79 Å². The molecule has 2 nitrogen and oxygen atoms in total. The maximum atomic E-state index is 11.1. The summed E-state index contributed by atoms with van der Waals surface area (Å²) in [4.78, 5) is 11.1. The van der Waals surface area contributed by atoms with Crippen LogP contribution >= 0.6 is 11.8 Å². The molecule has 0 radical (unpaired) electrons. The van der Waals surface area contributed by atoms with Gasteiger partial charge in [-0.1, -0.05) is 0 Å². The zero-order valence-electron chi connectivity index (χ0n) is 5.80. The Morgan fingerprint density at radius 3 is 3.30 bits per heavy atom. The van der Waals surface area contributed by atoms with E-state index < -0.39 is 0 Å². The highest BCUT2D eigenvalue weighted by Crippen LogP contribution is 2.26. The topological polar surface area (TPSA) is 29.1 Å². The number of fused-ring (bicyclic) bond motifs is 1. The molecule has 0 amide bonds. The Balaban J connectivity index is 2.08. The Hall–Kier alpha value is -0.0200. The molecule has 2 rings (SSSR count). The highest BCUT2D eigenvalue weighted by atomic mass is 32.2. The van der Waals surface area contributed by atoms with Crippen molar-refractivity contribution in [3.8, 4) is 0 Å². The van der Waals surface area contributed by atoms with Crippen molar-refractivity contribution in [1.82, 2.24) is 5.32 Å². The Morgan fingerprint density at radius 1 is 1.60 bits per heavy atom. The molecule has 0 aromatic rings. The van der Waals surface area contributed by atoms with E-state index in [-0.39, 0.29) is 0 Å². The molecule has 0 bridgehead atoms. The average molecular weight is 157 g/mol. The van der Waals surface area contributed by atoms with Crippen LogP contribution in [0.4, 0.5) is 0 Å². The molecule has 0 spiro atoms. The Labute approximate surface area is 64.8 Å². The zero-order valence-corrected chi connectivity index (χ0v) is 6.62. The lowest BCUT2D eigenvalue weighted by molar-refractivity contribution is -0.119. The summed E-state index contributed by atoms with van der Waals surface area (Å²) in [7, 11) is 0. The number of hydrogen-bond donors (Lipinski definition) is 1. The first kappa shape index (κ1) is 6.68. The van der Waals surface area contributed by atoms with Gasteiger partial charge in [0.1, 0.15) is 0 Å². The molecule has 3 heteroatoms. The van der Waals surface area contributed by atoms with Crippen molar-refractivity contribution in [2.75, 3.05) is 18.1 Å². The molecule has 2 saturated heterocycles. The van der Waals surface area contributed by atoms with Crippen LogP contribution in [0.15, 0.2) is 0 Å². The van der Waals surface area contributed by atoms with Crippen molar-refractivity contribution in [3.05, 3.63) is 0 Å². The van der Waals surface area contributed by atoms with Gasteiger partial charge in [-0.3, -0.25) is 4.79 Å². The standard InChI is InChI=1S/C7H11NOS/c9-7-3-8-6-1-2-10-4-5(6)7/h5-6,8H,1-4H2. The molecule has 0 aromatic carbocycles. The molecule has 2 heterocycles. The number of ketones is 1. The quantitative estimate of drug-likeness (QED) is 0.547. The van der Waals surface area contributed by atoms with Gasteiger partial charge in [-0.05, 0) is 12.2 Å². The molecule has 2 atom stereocenters. The second kappa shape index (κ2) is 2.55. The van der Waals surface area contributed by atoms with E-state index in [1.807, 2.05) is 11.8 Å². The van der Waals surface area contributed by atoms with Gasteiger partial charge in [0.25, 0.3) is 0 Å². The van der Waals surface area contributed by atoms with Crippen molar-refractivity contribution >= 4 is 17.5 Å². The number of thioether (sulfide) groups is 1. The van der Waals surface area contributed by atoms with Crippen LogP contribution in [0.3, 0.4) is 0 Å². The average Bonchev–Trinajstić information content (AvgIpc) is 2.34. The second-order valence-electron chi connectivity index (χ2n) is 2.92. The van der Waals surface area contributed by atoms with Crippen LogP contribution in [-0.4, -0.2) is 29.9 Å². The van der Waals surface area contributed by atoms with Crippen LogP contribution in [0.1, 0.15) is 6.42 Å². The van der Waals surface area contributed by atoms with E-state index in [1.54, 1.807) is 0 Å². The summed E-state index contributed by atoms with van der Waals surface area (Å²) in [6, 6.07) is 0.522. The highest BCUT2D eigenvalue weighted by Gasteiger charge is 2.35. The summed E-state index contributed by atoms with van der Waals surface area (Å²) in [6.07, 6.45) is 1.18. The summed E-state index contributed by atoms with van der Waals surface area (Å²) in [6.45, 7) is 0.621. The number of nitrogens with one attached hydrogen (secondary N) is 1. The van der Waals surface area contributed by atoms with E-state index in [0.29, 0.717) is 24.3 Å². The fourth-order valence-corrected chi connectivity index (χ4v) is 2.92. The lowest BCUT2D eigenvalue weighted by atomic mass is 10.00. The Kier molecular flexibility index (Phi) is 1.70. The number of carbonyl (C=O) groups is 1. The minimum Gasteiger partial charge on any atom is -0.306 e. The van der Waals surface area contributed by atoms with E-state index in [2.05, 4.69) is 5.32 Å². The van der Waals surface area contributed by atoms with Crippen LogP contribution in [0, 0.1) is 5.92 Å². The van der Waals surface area contributed by atoms with Crippen molar-refractivity contribution in [2.45, 2.75) is 12.5 Å². The van der Waals surface area contributed by atoms with E-state index in [9.17, 15) is 4.79 Å². The van der Waals surface area contributed by atoms with E-state index in [4.69, 9.17) is 0 Å². The molecule has 2 fully saturated rings. The third kappa shape index (κ3) is 0.974. The highest BCUT2D eigenvalue weighted by molar-refractivity contribution is 7.99. The van der Waals surface area contributed by atoms with Crippen LogP contribution in [0.2, 0.25) is 0 Å². The normalized spacial score (nSPS) is 39.8. The van der Waals surface area contributed by atoms with Crippen LogP contribution in [0.25, 0.3) is 0 Å². The number of Topliss-reactive ketones (excluding diaryl/α,β-unsaturated/α-hetero) is 1. The molecule has 2 unspecified atom stereocenters. The Bertz CT molecular complexity index is 160. The fourth-order valence-electron chi connectivity index (χ4n) is 1.66. The largest absolute Gasteiger partial charge is 0.306 e. The van der Waals surface area contributed by atoms with Crippen molar-refractivity contribution in [1.29, 1.82) is 0 Å². The van der Waals surface area contributed by atoms with Crippen LogP contribution < -0.4 is 5.32 Å². The molecular formula is C7H11NOS. The predicted octanol–water partition coefficient (Wildman–Crippen LogP) is 0.280. The predicted molar refractivity (Wildman–Crippen MR) is 42.2 cm³/mol. The molecule has 0 aromatic heterocycles. The van der Waals surface area contributed by atoms with Crippen molar-refractivity contribution < 1.29 is 4.79 Å². The monoisotopic (exact) mass is 157 g/mol. The molecule has 56 valence electrons. The van der Waals surface area contributed by atoms with E-state index in [1.165, 1.54) is 12.2 Å². The maximum Gasteiger partial charge on any atom is 0.152 e.